The van der Waals surface area contributed by atoms with E-state index in [1.165, 1.54) is 23.8 Å². The first-order valence-electron chi connectivity index (χ1n) is 8.60. The van der Waals surface area contributed by atoms with Crippen LogP contribution in [-0.2, 0) is 0 Å². The van der Waals surface area contributed by atoms with E-state index in [4.69, 9.17) is 11.6 Å². The van der Waals surface area contributed by atoms with Gasteiger partial charge < -0.3 is 9.80 Å². The number of allylic oxidation sites excluding steroid dienone is 1. The summed E-state index contributed by atoms with van der Waals surface area (Å²) in [7, 11) is 0. The van der Waals surface area contributed by atoms with Gasteiger partial charge in [-0.3, -0.25) is 10.1 Å². The minimum absolute atomic E-state index is 0.0181. The molecule has 27 heavy (non-hydrogen) atoms. The number of hydrogen-bond acceptors (Lipinski definition) is 5. The standard InChI is InChI=1S/C20H19ClN4O2/c1-15-5-6-17(21)14-20(15)24-11-9-23(10-12-24)19(7-8-22)16-3-2-4-18(13-16)25(26)27/h2-7,13-14H,9-12H2,1H3/b19-7-. The van der Waals surface area contributed by atoms with Crippen LogP contribution in [0.25, 0.3) is 5.70 Å². The first kappa shape index (κ1) is 18.7. The van der Waals surface area contributed by atoms with E-state index >= 15 is 0 Å². The predicted octanol–water partition coefficient (Wildman–Crippen LogP) is 4.24. The van der Waals surface area contributed by atoms with Gasteiger partial charge in [0.2, 0.25) is 0 Å². The quantitative estimate of drug-likeness (QED) is 0.449. The van der Waals surface area contributed by atoms with Gasteiger partial charge in [-0.05, 0) is 24.6 Å². The summed E-state index contributed by atoms with van der Waals surface area (Å²) >= 11 is 6.14. The molecule has 1 aliphatic heterocycles. The third-order valence-electron chi connectivity index (χ3n) is 4.69. The topological polar surface area (TPSA) is 73.4 Å². The second kappa shape index (κ2) is 8.11. The average Bonchev–Trinajstić information content (AvgIpc) is 2.68. The Hall–Kier alpha value is -3.04. The van der Waals surface area contributed by atoms with Gasteiger partial charge in [0, 0.05) is 60.7 Å². The molecule has 7 heteroatoms. The summed E-state index contributed by atoms with van der Waals surface area (Å²) in [5.41, 5.74) is 3.69. The predicted molar refractivity (Wildman–Crippen MR) is 107 cm³/mol. The summed E-state index contributed by atoms with van der Waals surface area (Å²) in [6, 6.07) is 14.3. The van der Waals surface area contributed by atoms with Crippen molar-refractivity contribution in [1.29, 1.82) is 5.26 Å². The zero-order chi connectivity index (χ0) is 19.4. The highest BCUT2D eigenvalue weighted by Crippen LogP contribution is 2.28. The van der Waals surface area contributed by atoms with Gasteiger partial charge in [0.25, 0.3) is 5.69 Å². The van der Waals surface area contributed by atoms with E-state index < -0.39 is 4.92 Å². The summed E-state index contributed by atoms with van der Waals surface area (Å²) in [5, 5.41) is 21.0. The number of benzene rings is 2. The number of nitro groups is 1. The summed E-state index contributed by atoms with van der Waals surface area (Å²) in [6.45, 7) is 5.03. The van der Waals surface area contributed by atoms with Crippen molar-refractivity contribution >= 4 is 28.7 Å². The minimum Gasteiger partial charge on any atom is -0.368 e. The van der Waals surface area contributed by atoms with Crippen molar-refractivity contribution in [2.45, 2.75) is 6.92 Å². The lowest BCUT2D eigenvalue weighted by molar-refractivity contribution is -0.384. The largest absolute Gasteiger partial charge is 0.368 e. The molecule has 1 heterocycles. The maximum Gasteiger partial charge on any atom is 0.270 e. The zero-order valence-corrected chi connectivity index (χ0v) is 15.7. The van der Waals surface area contributed by atoms with Crippen LogP contribution in [0.4, 0.5) is 11.4 Å². The Morgan fingerprint density at radius 1 is 1.22 bits per heavy atom. The highest BCUT2D eigenvalue weighted by Gasteiger charge is 2.22. The molecule has 2 aromatic carbocycles. The van der Waals surface area contributed by atoms with Gasteiger partial charge in [-0.2, -0.15) is 5.26 Å². The lowest BCUT2D eigenvalue weighted by atomic mass is 10.1. The van der Waals surface area contributed by atoms with Crippen LogP contribution in [0.5, 0.6) is 0 Å². The molecular formula is C20H19ClN4O2. The molecular weight excluding hydrogens is 364 g/mol. The molecule has 0 saturated carbocycles. The summed E-state index contributed by atoms with van der Waals surface area (Å²) < 4.78 is 0. The Labute approximate surface area is 163 Å². The molecule has 0 N–H and O–H groups in total. The van der Waals surface area contributed by atoms with Gasteiger partial charge >= 0.3 is 0 Å². The lowest BCUT2D eigenvalue weighted by Crippen LogP contribution is -2.45. The summed E-state index contributed by atoms with van der Waals surface area (Å²) in [6.07, 6.45) is 1.46. The van der Waals surface area contributed by atoms with Crippen LogP contribution in [0, 0.1) is 28.4 Å². The van der Waals surface area contributed by atoms with Crippen molar-refractivity contribution in [3.63, 3.8) is 0 Å². The number of nitro benzene ring substituents is 1. The van der Waals surface area contributed by atoms with Crippen LogP contribution in [0.3, 0.4) is 0 Å². The van der Waals surface area contributed by atoms with Crippen molar-refractivity contribution in [3.05, 3.63) is 74.8 Å². The molecule has 138 valence electrons. The van der Waals surface area contributed by atoms with Gasteiger partial charge in [-0.15, -0.1) is 0 Å². The van der Waals surface area contributed by atoms with E-state index in [1.54, 1.807) is 12.1 Å². The maximum absolute atomic E-state index is 11.1. The molecule has 1 saturated heterocycles. The SMILES string of the molecule is Cc1ccc(Cl)cc1N1CCN(/C(=C\C#N)c2cccc([N+](=O)[O-])c2)CC1. The fraction of sp³-hybridized carbons (Fsp3) is 0.250. The van der Waals surface area contributed by atoms with Crippen molar-refractivity contribution < 1.29 is 4.92 Å². The Morgan fingerprint density at radius 2 is 1.96 bits per heavy atom. The van der Waals surface area contributed by atoms with Crippen molar-refractivity contribution in [2.24, 2.45) is 0 Å². The molecule has 0 radical (unpaired) electrons. The third kappa shape index (κ3) is 4.21. The van der Waals surface area contributed by atoms with Crippen LogP contribution < -0.4 is 4.90 Å². The molecule has 0 amide bonds. The highest BCUT2D eigenvalue weighted by molar-refractivity contribution is 6.30. The highest BCUT2D eigenvalue weighted by atomic mass is 35.5. The number of nitrogens with zero attached hydrogens (tertiary/aromatic N) is 4. The first-order valence-corrected chi connectivity index (χ1v) is 8.98. The second-order valence-electron chi connectivity index (χ2n) is 6.37. The second-order valence-corrected chi connectivity index (χ2v) is 6.81. The molecule has 0 bridgehead atoms. The number of hydrogen-bond donors (Lipinski definition) is 0. The molecule has 0 spiro atoms. The maximum atomic E-state index is 11.1. The fourth-order valence-corrected chi connectivity index (χ4v) is 3.47. The number of non-ortho nitro benzene ring substituents is 1. The molecule has 0 aliphatic carbocycles. The molecule has 0 aromatic heterocycles. The Balaban J connectivity index is 1.79. The van der Waals surface area contributed by atoms with Gasteiger partial charge in [-0.1, -0.05) is 29.8 Å². The summed E-state index contributed by atoms with van der Waals surface area (Å²) in [5.74, 6) is 0. The van der Waals surface area contributed by atoms with E-state index in [0.717, 1.165) is 18.8 Å². The summed E-state index contributed by atoms with van der Waals surface area (Å²) in [4.78, 5) is 15.0. The van der Waals surface area contributed by atoms with Gasteiger partial charge in [0.05, 0.1) is 16.7 Å². The van der Waals surface area contributed by atoms with E-state index in [-0.39, 0.29) is 5.69 Å². The number of aryl methyl sites for hydroxylation is 1. The molecule has 1 fully saturated rings. The molecule has 1 aliphatic rings. The number of piperazine rings is 1. The first-order chi connectivity index (χ1) is 13.0. The van der Waals surface area contributed by atoms with E-state index in [1.807, 2.05) is 18.2 Å². The fourth-order valence-electron chi connectivity index (χ4n) is 3.31. The van der Waals surface area contributed by atoms with Crippen molar-refractivity contribution in [2.75, 3.05) is 31.1 Å². The minimum atomic E-state index is -0.423. The normalized spacial score (nSPS) is 14.8. The van der Waals surface area contributed by atoms with E-state index in [0.29, 0.717) is 29.4 Å². The third-order valence-corrected chi connectivity index (χ3v) is 4.92. The molecule has 2 aromatic rings. The smallest absolute Gasteiger partial charge is 0.270 e. The Morgan fingerprint density at radius 3 is 2.63 bits per heavy atom. The van der Waals surface area contributed by atoms with Crippen LogP contribution in [-0.4, -0.2) is 36.0 Å². The van der Waals surface area contributed by atoms with Gasteiger partial charge in [-0.25, -0.2) is 0 Å². The lowest BCUT2D eigenvalue weighted by Gasteiger charge is -2.39. The monoisotopic (exact) mass is 382 g/mol. The van der Waals surface area contributed by atoms with E-state index in [9.17, 15) is 15.4 Å². The zero-order valence-electron chi connectivity index (χ0n) is 14.9. The van der Waals surface area contributed by atoms with Crippen LogP contribution in [0.15, 0.2) is 48.5 Å². The number of nitriles is 1. The molecule has 6 nitrogen and oxygen atoms in total. The van der Waals surface area contributed by atoms with Crippen molar-refractivity contribution in [1.82, 2.24) is 4.90 Å². The number of anilines is 1. The number of halogens is 1. The van der Waals surface area contributed by atoms with Crippen LogP contribution in [0.1, 0.15) is 11.1 Å². The van der Waals surface area contributed by atoms with Gasteiger partial charge in [0.15, 0.2) is 0 Å². The molecule has 3 rings (SSSR count). The van der Waals surface area contributed by atoms with Crippen LogP contribution in [0.2, 0.25) is 5.02 Å². The Bertz CT molecular complexity index is 928. The molecule has 0 unspecified atom stereocenters. The van der Waals surface area contributed by atoms with Crippen molar-refractivity contribution in [3.8, 4) is 6.07 Å². The Kier molecular flexibility index (Phi) is 5.63. The van der Waals surface area contributed by atoms with Crippen LogP contribution >= 0.6 is 11.6 Å². The average molecular weight is 383 g/mol. The molecule has 0 atom stereocenters. The number of rotatable bonds is 4. The van der Waals surface area contributed by atoms with Gasteiger partial charge in [0.1, 0.15) is 0 Å². The van der Waals surface area contributed by atoms with E-state index in [2.05, 4.69) is 22.8 Å².